The Kier molecular flexibility index (Phi) is 3.11. The van der Waals surface area contributed by atoms with Crippen LogP contribution in [0.25, 0.3) is 10.9 Å². The van der Waals surface area contributed by atoms with E-state index >= 15 is 4.39 Å². The Morgan fingerprint density at radius 2 is 1.94 bits per heavy atom. The van der Waals surface area contributed by atoms with Crippen molar-refractivity contribution in [1.82, 2.24) is 4.98 Å². The maximum Gasteiger partial charge on any atom is 0.152 e. The van der Waals surface area contributed by atoms with Crippen molar-refractivity contribution >= 4 is 10.9 Å². The minimum atomic E-state index is -1.53. The third-order valence-corrected chi connectivity index (χ3v) is 3.53. The van der Waals surface area contributed by atoms with Gasteiger partial charge in [-0.1, -0.05) is 32.9 Å². The first-order valence-electron chi connectivity index (χ1n) is 6.13. The van der Waals surface area contributed by atoms with Gasteiger partial charge in [-0.2, -0.15) is 0 Å². The molecule has 0 aliphatic heterocycles. The quantitative estimate of drug-likeness (QED) is 0.882. The first-order valence-corrected chi connectivity index (χ1v) is 6.13. The van der Waals surface area contributed by atoms with Gasteiger partial charge in [0.25, 0.3) is 0 Å². The summed E-state index contributed by atoms with van der Waals surface area (Å²) in [5.74, 6) is 0. The highest BCUT2D eigenvalue weighted by Gasteiger charge is 2.42. The molecular formula is C15H19FN2. The van der Waals surface area contributed by atoms with Gasteiger partial charge in [0.15, 0.2) is 5.67 Å². The van der Waals surface area contributed by atoms with Gasteiger partial charge in [0.1, 0.15) is 0 Å². The average Bonchev–Trinajstić information content (AvgIpc) is 2.35. The van der Waals surface area contributed by atoms with Gasteiger partial charge in [-0.15, -0.1) is 0 Å². The molecule has 0 amide bonds. The standard InChI is InChI=1S/C15H19FN2/c1-14(2,3)15(16,10-17)12-6-7-13-11(9-12)5-4-8-18-13/h4-9H,10,17H2,1-3H3. The van der Waals surface area contributed by atoms with Crippen LogP contribution in [0.4, 0.5) is 4.39 Å². The second-order valence-electron chi connectivity index (χ2n) is 5.67. The van der Waals surface area contributed by atoms with E-state index in [0.717, 1.165) is 10.9 Å². The molecule has 1 atom stereocenters. The molecule has 0 spiro atoms. The third kappa shape index (κ3) is 1.99. The maximum atomic E-state index is 15.1. The molecule has 0 bridgehead atoms. The number of rotatable bonds is 2. The number of halogens is 1. The van der Waals surface area contributed by atoms with Crippen LogP contribution in [0.1, 0.15) is 26.3 Å². The largest absolute Gasteiger partial charge is 0.327 e. The second kappa shape index (κ2) is 4.32. The van der Waals surface area contributed by atoms with Crippen LogP contribution in [0, 0.1) is 5.41 Å². The van der Waals surface area contributed by atoms with Gasteiger partial charge in [0.05, 0.1) is 5.52 Å². The molecule has 1 unspecified atom stereocenters. The number of aromatic nitrogens is 1. The molecule has 0 saturated heterocycles. The van der Waals surface area contributed by atoms with Crippen LogP contribution in [0.2, 0.25) is 0 Å². The van der Waals surface area contributed by atoms with E-state index in [1.807, 2.05) is 45.0 Å². The molecule has 2 N–H and O–H groups in total. The fourth-order valence-electron chi connectivity index (χ4n) is 2.18. The Labute approximate surface area is 107 Å². The lowest BCUT2D eigenvalue weighted by Crippen LogP contribution is -2.42. The zero-order valence-corrected chi connectivity index (χ0v) is 11.1. The van der Waals surface area contributed by atoms with Crippen molar-refractivity contribution < 1.29 is 4.39 Å². The van der Waals surface area contributed by atoms with Gasteiger partial charge in [-0.3, -0.25) is 4.98 Å². The Balaban J connectivity index is 2.59. The average molecular weight is 246 g/mol. The summed E-state index contributed by atoms with van der Waals surface area (Å²) in [6, 6.07) is 9.27. The minimum Gasteiger partial charge on any atom is -0.327 e. The topological polar surface area (TPSA) is 38.9 Å². The normalized spacial score (nSPS) is 15.6. The molecule has 2 rings (SSSR count). The molecule has 0 aliphatic rings. The molecule has 3 heteroatoms. The maximum absolute atomic E-state index is 15.1. The van der Waals surface area contributed by atoms with Crippen molar-refractivity contribution in [3.63, 3.8) is 0 Å². The molecule has 1 aromatic heterocycles. The van der Waals surface area contributed by atoms with Gasteiger partial charge < -0.3 is 5.73 Å². The van der Waals surface area contributed by atoms with Crippen molar-refractivity contribution in [2.75, 3.05) is 6.54 Å². The molecule has 1 aromatic carbocycles. The Bertz CT molecular complexity index is 560. The SMILES string of the molecule is CC(C)(C)C(F)(CN)c1ccc2ncccc2c1. The van der Waals surface area contributed by atoms with E-state index in [4.69, 9.17) is 5.73 Å². The lowest BCUT2D eigenvalue weighted by Gasteiger charge is -2.37. The number of hydrogen-bond acceptors (Lipinski definition) is 2. The number of benzene rings is 1. The van der Waals surface area contributed by atoms with Crippen molar-refractivity contribution in [2.24, 2.45) is 11.1 Å². The van der Waals surface area contributed by atoms with Crippen LogP contribution >= 0.6 is 0 Å². The van der Waals surface area contributed by atoms with Crippen LogP contribution in [-0.2, 0) is 5.67 Å². The lowest BCUT2D eigenvalue weighted by atomic mass is 9.73. The molecule has 0 aliphatic carbocycles. The van der Waals surface area contributed by atoms with Gasteiger partial charge in [-0.05, 0) is 23.8 Å². The van der Waals surface area contributed by atoms with Gasteiger partial charge in [0, 0.05) is 23.5 Å². The number of nitrogens with two attached hydrogens (primary N) is 1. The van der Waals surface area contributed by atoms with E-state index in [0.29, 0.717) is 5.56 Å². The number of pyridine rings is 1. The number of alkyl halides is 1. The molecule has 0 radical (unpaired) electrons. The molecule has 0 fully saturated rings. The summed E-state index contributed by atoms with van der Waals surface area (Å²) in [5.41, 5.74) is 5.10. The molecule has 1 heterocycles. The van der Waals surface area contributed by atoms with Crippen molar-refractivity contribution in [2.45, 2.75) is 26.4 Å². The highest BCUT2D eigenvalue weighted by atomic mass is 19.1. The molecule has 0 saturated carbocycles. The fraction of sp³-hybridized carbons (Fsp3) is 0.400. The van der Waals surface area contributed by atoms with Gasteiger partial charge >= 0.3 is 0 Å². The summed E-state index contributed by atoms with van der Waals surface area (Å²) in [4.78, 5) is 4.24. The van der Waals surface area contributed by atoms with Crippen molar-refractivity contribution in [3.05, 3.63) is 42.1 Å². The Morgan fingerprint density at radius 1 is 1.22 bits per heavy atom. The zero-order valence-electron chi connectivity index (χ0n) is 11.1. The molecule has 2 aromatic rings. The predicted molar refractivity (Wildman–Crippen MR) is 73.0 cm³/mol. The van der Waals surface area contributed by atoms with E-state index in [9.17, 15) is 0 Å². The molecule has 18 heavy (non-hydrogen) atoms. The predicted octanol–water partition coefficient (Wildman–Crippen LogP) is 3.40. The highest BCUT2D eigenvalue weighted by Crippen LogP contribution is 2.42. The van der Waals surface area contributed by atoms with Gasteiger partial charge in [-0.25, -0.2) is 4.39 Å². The Hall–Kier alpha value is -1.48. The summed E-state index contributed by atoms with van der Waals surface area (Å²) < 4.78 is 15.1. The monoisotopic (exact) mass is 246 g/mol. The van der Waals surface area contributed by atoms with Crippen LogP contribution < -0.4 is 5.73 Å². The second-order valence-corrected chi connectivity index (χ2v) is 5.67. The summed E-state index contributed by atoms with van der Waals surface area (Å²) in [7, 11) is 0. The summed E-state index contributed by atoms with van der Waals surface area (Å²) in [6.45, 7) is 5.58. The van der Waals surface area contributed by atoms with Crippen LogP contribution in [0.5, 0.6) is 0 Å². The van der Waals surface area contributed by atoms with Crippen molar-refractivity contribution in [3.8, 4) is 0 Å². The number of fused-ring (bicyclic) bond motifs is 1. The lowest BCUT2D eigenvalue weighted by molar-refractivity contribution is 0.0344. The molecule has 96 valence electrons. The van der Waals surface area contributed by atoms with E-state index in [1.54, 1.807) is 12.3 Å². The van der Waals surface area contributed by atoms with Gasteiger partial charge in [0.2, 0.25) is 0 Å². The van der Waals surface area contributed by atoms with Crippen molar-refractivity contribution in [1.29, 1.82) is 0 Å². The minimum absolute atomic E-state index is 0.0255. The smallest absolute Gasteiger partial charge is 0.152 e. The third-order valence-electron chi connectivity index (χ3n) is 3.53. The molecular weight excluding hydrogens is 227 g/mol. The summed E-state index contributed by atoms with van der Waals surface area (Å²) >= 11 is 0. The fourth-order valence-corrected chi connectivity index (χ4v) is 2.18. The van der Waals surface area contributed by atoms with Crippen LogP contribution in [0.3, 0.4) is 0 Å². The first-order chi connectivity index (χ1) is 8.38. The summed E-state index contributed by atoms with van der Waals surface area (Å²) in [6.07, 6.45) is 1.73. The van der Waals surface area contributed by atoms with E-state index < -0.39 is 11.1 Å². The molecule has 2 nitrogen and oxygen atoms in total. The zero-order chi connectivity index (χ0) is 13.4. The number of nitrogens with zero attached hydrogens (tertiary/aromatic N) is 1. The van der Waals surface area contributed by atoms with E-state index in [-0.39, 0.29) is 6.54 Å². The Morgan fingerprint density at radius 3 is 2.56 bits per heavy atom. The summed E-state index contributed by atoms with van der Waals surface area (Å²) in [5, 5.41) is 0.940. The highest BCUT2D eigenvalue weighted by molar-refractivity contribution is 5.79. The van der Waals surface area contributed by atoms with E-state index in [1.165, 1.54) is 0 Å². The first kappa shape index (κ1) is 13.0. The number of hydrogen-bond donors (Lipinski definition) is 1. The van der Waals surface area contributed by atoms with E-state index in [2.05, 4.69) is 4.98 Å². The van der Waals surface area contributed by atoms with Crippen LogP contribution in [-0.4, -0.2) is 11.5 Å². The van der Waals surface area contributed by atoms with Crippen LogP contribution in [0.15, 0.2) is 36.5 Å².